The van der Waals surface area contributed by atoms with Crippen LogP contribution in [0.5, 0.6) is 0 Å². The van der Waals surface area contributed by atoms with Gasteiger partial charge in [0.2, 0.25) is 5.95 Å². The third-order valence-electron chi connectivity index (χ3n) is 4.62. The van der Waals surface area contributed by atoms with Crippen LogP contribution in [0.15, 0.2) is 24.4 Å². The molecule has 24 heavy (non-hydrogen) atoms. The summed E-state index contributed by atoms with van der Waals surface area (Å²) in [5, 5.41) is 6.26. The maximum Gasteiger partial charge on any atom is 0.227 e. The zero-order valence-corrected chi connectivity index (χ0v) is 13.2. The Bertz CT molecular complexity index is 726. The Morgan fingerprint density at radius 3 is 2.58 bits per heavy atom. The number of halogens is 2. The van der Waals surface area contributed by atoms with Gasteiger partial charge in [-0.3, -0.25) is 4.90 Å². The van der Waals surface area contributed by atoms with E-state index in [0.29, 0.717) is 17.7 Å². The average Bonchev–Trinajstić information content (AvgIpc) is 2.98. The van der Waals surface area contributed by atoms with Crippen LogP contribution >= 0.6 is 0 Å². The molecule has 4 rings (SSSR count). The molecule has 7 heteroatoms. The van der Waals surface area contributed by atoms with Crippen molar-refractivity contribution >= 4 is 11.6 Å². The van der Waals surface area contributed by atoms with Crippen LogP contribution in [0, 0.1) is 11.6 Å². The van der Waals surface area contributed by atoms with Crippen molar-refractivity contribution in [2.75, 3.05) is 18.4 Å². The molecule has 0 atom stereocenters. The van der Waals surface area contributed by atoms with Crippen LogP contribution in [-0.4, -0.2) is 34.0 Å². The maximum absolute atomic E-state index is 13.3. The number of fused-ring (bicyclic) bond motifs is 1. The van der Waals surface area contributed by atoms with Crippen molar-refractivity contribution in [2.24, 2.45) is 0 Å². The largest absolute Gasteiger partial charge is 0.324 e. The van der Waals surface area contributed by atoms with Gasteiger partial charge in [0.25, 0.3) is 0 Å². The first kappa shape index (κ1) is 15.4. The van der Waals surface area contributed by atoms with Gasteiger partial charge in [-0.2, -0.15) is 0 Å². The number of piperidine rings is 1. The van der Waals surface area contributed by atoms with Crippen LogP contribution in [0.25, 0.3) is 0 Å². The number of rotatable bonds is 3. The molecule has 2 aliphatic rings. The average molecular weight is 331 g/mol. The van der Waals surface area contributed by atoms with Gasteiger partial charge in [-0.1, -0.05) is 0 Å². The molecule has 0 spiro atoms. The second-order valence-electron chi connectivity index (χ2n) is 6.33. The van der Waals surface area contributed by atoms with Crippen molar-refractivity contribution in [3.05, 3.63) is 47.3 Å². The number of anilines is 2. The molecule has 5 nitrogen and oxygen atoms in total. The summed E-state index contributed by atoms with van der Waals surface area (Å²) >= 11 is 0. The zero-order valence-electron chi connectivity index (χ0n) is 13.2. The molecular weight excluding hydrogens is 312 g/mol. The van der Waals surface area contributed by atoms with Crippen LogP contribution in [0.3, 0.4) is 0 Å². The number of nitrogens with zero attached hydrogens (tertiary/aromatic N) is 3. The number of aromatic nitrogens is 2. The van der Waals surface area contributed by atoms with Crippen molar-refractivity contribution in [3.8, 4) is 0 Å². The van der Waals surface area contributed by atoms with Crippen molar-refractivity contribution in [3.63, 3.8) is 0 Å². The van der Waals surface area contributed by atoms with Crippen molar-refractivity contribution in [1.82, 2.24) is 20.2 Å². The molecule has 2 N–H and O–H groups in total. The quantitative estimate of drug-likeness (QED) is 0.905. The van der Waals surface area contributed by atoms with Crippen LogP contribution in [-0.2, 0) is 13.1 Å². The highest BCUT2D eigenvalue weighted by Crippen LogP contribution is 2.27. The normalized spacial score (nSPS) is 18.6. The fourth-order valence-electron chi connectivity index (χ4n) is 3.42. The Labute approximate surface area is 139 Å². The highest BCUT2D eigenvalue weighted by molar-refractivity contribution is 5.53. The highest BCUT2D eigenvalue weighted by atomic mass is 19.1. The van der Waals surface area contributed by atoms with E-state index in [9.17, 15) is 8.78 Å². The molecule has 0 bridgehead atoms. The van der Waals surface area contributed by atoms with Gasteiger partial charge in [-0.15, -0.1) is 0 Å². The summed E-state index contributed by atoms with van der Waals surface area (Å²) in [7, 11) is 0. The van der Waals surface area contributed by atoms with Gasteiger partial charge in [-0.25, -0.2) is 18.7 Å². The Morgan fingerprint density at radius 2 is 1.83 bits per heavy atom. The first-order valence-corrected chi connectivity index (χ1v) is 8.20. The van der Waals surface area contributed by atoms with Gasteiger partial charge in [0.1, 0.15) is 11.6 Å². The van der Waals surface area contributed by atoms with Gasteiger partial charge < -0.3 is 10.6 Å². The smallest absolute Gasteiger partial charge is 0.227 e. The molecule has 2 aromatic rings. The molecule has 0 unspecified atom stereocenters. The molecule has 0 aliphatic carbocycles. The molecule has 1 aromatic carbocycles. The molecule has 2 aliphatic heterocycles. The van der Waals surface area contributed by atoms with Gasteiger partial charge >= 0.3 is 0 Å². The summed E-state index contributed by atoms with van der Waals surface area (Å²) in [6.07, 6.45) is 4.10. The summed E-state index contributed by atoms with van der Waals surface area (Å²) in [5.74, 6) is -0.891. The summed E-state index contributed by atoms with van der Waals surface area (Å²) in [6, 6.07) is 3.86. The van der Waals surface area contributed by atoms with Crippen molar-refractivity contribution in [1.29, 1.82) is 0 Å². The van der Waals surface area contributed by atoms with Crippen LogP contribution in [0.2, 0.25) is 0 Å². The minimum absolute atomic E-state index is 0.306. The van der Waals surface area contributed by atoms with E-state index in [2.05, 4.69) is 25.5 Å². The van der Waals surface area contributed by atoms with E-state index in [0.717, 1.165) is 56.3 Å². The third-order valence-corrected chi connectivity index (χ3v) is 4.62. The monoisotopic (exact) mass is 331 g/mol. The van der Waals surface area contributed by atoms with E-state index < -0.39 is 11.6 Å². The van der Waals surface area contributed by atoms with Crippen LogP contribution in [0.1, 0.15) is 24.1 Å². The Morgan fingerprint density at radius 1 is 1.08 bits per heavy atom. The van der Waals surface area contributed by atoms with E-state index >= 15 is 0 Å². The molecule has 0 amide bonds. The lowest BCUT2D eigenvalue weighted by Gasteiger charge is -2.30. The van der Waals surface area contributed by atoms with Gasteiger partial charge in [0.15, 0.2) is 0 Å². The van der Waals surface area contributed by atoms with Crippen molar-refractivity contribution in [2.45, 2.75) is 32.0 Å². The van der Waals surface area contributed by atoms with E-state index in [4.69, 9.17) is 0 Å². The van der Waals surface area contributed by atoms with Gasteiger partial charge in [-0.05, 0) is 38.1 Å². The molecule has 126 valence electrons. The third kappa shape index (κ3) is 3.22. The Balaban J connectivity index is 1.49. The Hall–Kier alpha value is -2.12. The minimum atomic E-state index is -0.629. The van der Waals surface area contributed by atoms with Gasteiger partial charge in [0, 0.05) is 42.6 Å². The maximum atomic E-state index is 13.3. The highest BCUT2D eigenvalue weighted by Gasteiger charge is 2.28. The zero-order chi connectivity index (χ0) is 16.5. The van der Waals surface area contributed by atoms with E-state index in [-0.39, 0.29) is 0 Å². The van der Waals surface area contributed by atoms with E-state index in [1.165, 1.54) is 12.1 Å². The van der Waals surface area contributed by atoms with E-state index in [1.54, 1.807) is 6.20 Å². The lowest BCUT2D eigenvalue weighted by Crippen LogP contribution is -2.40. The fraction of sp³-hybridized carbons (Fsp3) is 0.412. The van der Waals surface area contributed by atoms with Crippen LogP contribution < -0.4 is 10.6 Å². The minimum Gasteiger partial charge on any atom is -0.324 e. The molecule has 0 radical (unpaired) electrons. The predicted molar refractivity (Wildman–Crippen MR) is 86.8 cm³/mol. The number of hydrogen-bond donors (Lipinski definition) is 2. The molecule has 1 fully saturated rings. The SMILES string of the molecule is Fc1cc(F)cc(Nc2ncc3c(n2)CN(C2CCNCC2)C3)c1. The number of benzene rings is 1. The lowest BCUT2D eigenvalue weighted by molar-refractivity contribution is 0.162. The lowest BCUT2D eigenvalue weighted by atomic mass is 10.1. The molecule has 1 saturated heterocycles. The number of hydrogen-bond acceptors (Lipinski definition) is 5. The topological polar surface area (TPSA) is 53.1 Å². The van der Waals surface area contributed by atoms with Crippen LogP contribution in [0.4, 0.5) is 20.4 Å². The first-order chi connectivity index (χ1) is 11.7. The summed E-state index contributed by atoms with van der Waals surface area (Å²) < 4.78 is 26.5. The first-order valence-electron chi connectivity index (χ1n) is 8.20. The summed E-state index contributed by atoms with van der Waals surface area (Å²) in [4.78, 5) is 11.2. The standard InChI is InChI=1S/C17H19F2N5/c18-12-5-13(19)7-14(6-12)22-17-21-8-11-9-24(10-16(11)23-17)15-1-3-20-4-2-15/h5-8,15,20H,1-4,9-10H2,(H,21,22,23). The molecular formula is C17H19F2N5. The molecule has 1 aromatic heterocycles. The van der Waals surface area contributed by atoms with Crippen molar-refractivity contribution < 1.29 is 8.78 Å². The molecule has 3 heterocycles. The second kappa shape index (κ2) is 6.41. The predicted octanol–water partition coefficient (Wildman–Crippen LogP) is 2.57. The Kier molecular flexibility index (Phi) is 4.12. The summed E-state index contributed by atoms with van der Waals surface area (Å²) in [5.41, 5.74) is 2.42. The van der Waals surface area contributed by atoms with E-state index in [1.807, 2.05) is 0 Å². The summed E-state index contributed by atoms with van der Waals surface area (Å²) in [6.45, 7) is 3.78. The second-order valence-corrected chi connectivity index (χ2v) is 6.33. The number of nitrogens with one attached hydrogen (secondary N) is 2. The van der Waals surface area contributed by atoms with Gasteiger partial charge in [0.05, 0.1) is 5.69 Å². The fourth-order valence-corrected chi connectivity index (χ4v) is 3.42. The molecule has 0 saturated carbocycles.